The Labute approximate surface area is 117 Å². The Hall–Kier alpha value is -1.47. The Bertz CT molecular complexity index is 639. The number of sulfonamides is 1. The van der Waals surface area contributed by atoms with Gasteiger partial charge in [0.2, 0.25) is 10.0 Å². The lowest BCUT2D eigenvalue weighted by atomic mass is 9.70. The van der Waals surface area contributed by atoms with E-state index in [1.165, 1.54) is 0 Å². The van der Waals surface area contributed by atoms with Crippen molar-refractivity contribution in [3.63, 3.8) is 0 Å². The molecule has 1 amide bonds. The van der Waals surface area contributed by atoms with Crippen molar-refractivity contribution in [1.82, 2.24) is 5.32 Å². The number of amides is 1. The molecule has 2 rings (SSSR count). The van der Waals surface area contributed by atoms with E-state index in [4.69, 9.17) is 5.14 Å². The second-order valence-electron chi connectivity index (χ2n) is 5.53. The van der Waals surface area contributed by atoms with Gasteiger partial charge in [0.15, 0.2) is 0 Å². The molecule has 0 radical (unpaired) electrons. The zero-order valence-electron chi connectivity index (χ0n) is 11.1. The summed E-state index contributed by atoms with van der Waals surface area (Å²) >= 11 is 0. The fourth-order valence-corrected chi connectivity index (χ4v) is 2.73. The second-order valence-corrected chi connectivity index (χ2v) is 7.09. The van der Waals surface area contributed by atoms with Crippen molar-refractivity contribution in [3.8, 4) is 0 Å². The lowest BCUT2D eigenvalue weighted by molar-refractivity contribution is 0.0886. The van der Waals surface area contributed by atoms with Gasteiger partial charge in [0, 0.05) is 6.54 Å². The van der Waals surface area contributed by atoms with E-state index in [0.717, 1.165) is 37.5 Å². The molecule has 5 nitrogen and oxygen atoms in total. The fourth-order valence-electron chi connectivity index (χ4n) is 2.20. The first-order chi connectivity index (χ1) is 9.21. The quantitative estimate of drug-likeness (QED) is 0.880. The molecule has 7 heteroatoms. The number of primary sulfonamides is 1. The third kappa shape index (κ3) is 3.16. The lowest BCUT2D eigenvalue weighted by Gasteiger charge is -2.38. The molecule has 0 heterocycles. The number of hydrogen-bond donors (Lipinski definition) is 2. The van der Waals surface area contributed by atoms with Gasteiger partial charge in [-0.05, 0) is 36.5 Å². The predicted octanol–water partition coefficient (Wildman–Crippen LogP) is 1.39. The molecular formula is C13H17FN2O3S. The maximum atomic E-state index is 13.8. The molecule has 20 heavy (non-hydrogen) atoms. The summed E-state index contributed by atoms with van der Waals surface area (Å²) in [7, 11) is -3.97. The molecular weight excluding hydrogens is 283 g/mol. The molecule has 1 aromatic carbocycles. The fraction of sp³-hybridized carbons (Fsp3) is 0.462. The zero-order valence-corrected chi connectivity index (χ0v) is 12.0. The smallest absolute Gasteiger partial charge is 0.254 e. The first kappa shape index (κ1) is 14.9. The largest absolute Gasteiger partial charge is 0.351 e. The van der Waals surface area contributed by atoms with Crippen molar-refractivity contribution >= 4 is 15.9 Å². The molecule has 0 aromatic heterocycles. The van der Waals surface area contributed by atoms with Crippen LogP contribution in [0.1, 0.15) is 36.5 Å². The van der Waals surface area contributed by atoms with Crippen molar-refractivity contribution in [1.29, 1.82) is 0 Å². The van der Waals surface area contributed by atoms with Crippen molar-refractivity contribution in [3.05, 3.63) is 29.6 Å². The summed E-state index contributed by atoms with van der Waals surface area (Å²) in [4.78, 5) is 11.5. The number of benzene rings is 1. The lowest BCUT2D eigenvalue weighted by Crippen LogP contribution is -2.40. The minimum atomic E-state index is -3.97. The summed E-state index contributed by atoms with van der Waals surface area (Å²) in [5.41, 5.74) is -0.0903. The number of nitrogens with two attached hydrogens (primary N) is 1. The minimum Gasteiger partial charge on any atom is -0.351 e. The van der Waals surface area contributed by atoms with E-state index in [1.54, 1.807) is 0 Å². The van der Waals surface area contributed by atoms with Crippen LogP contribution >= 0.6 is 0 Å². The maximum Gasteiger partial charge on any atom is 0.254 e. The van der Waals surface area contributed by atoms with E-state index in [1.807, 2.05) is 0 Å². The van der Waals surface area contributed by atoms with Crippen LogP contribution in [0.3, 0.4) is 0 Å². The van der Waals surface area contributed by atoms with E-state index >= 15 is 0 Å². The molecule has 110 valence electrons. The third-order valence-corrected chi connectivity index (χ3v) is 4.66. The van der Waals surface area contributed by atoms with Crippen LogP contribution < -0.4 is 10.5 Å². The Morgan fingerprint density at radius 2 is 2.10 bits per heavy atom. The molecule has 3 N–H and O–H groups in total. The highest BCUT2D eigenvalue weighted by molar-refractivity contribution is 7.89. The summed E-state index contributed by atoms with van der Waals surface area (Å²) in [5, 5.41) is 7.58. The second kappa shape index (κ2) is 5.14. The average molecular weight is 300 g/mol. The standard InChI is InChI=1S/C13H17FN2O3S/c1-13(5-2-6-13)8-16-12(17)10-4-3-9(7-11(10)14)20(15,18)19/h3-4,7H,2,5-6,8H2,1H3,(H,16,17)(H2,15,18,19). The molecule has 0 aliphatic heterocycles. The summed E-state index contributed by atoms with van der Waals surface area (Å²) in [6.07, 6.45) is 3.23. The van der Waals surface area contributed by atoms with Crippen LogP contribution in [0, 0.1) is 11.2 Å². The van der Waals surface area contributed by atoms with E-state index < -0.39 is 21.7 Å². The van der Waals surface area contributed by atoms with Gasteiger partial charge in [0.1, 0.15) is 5.82 Å². The van der Waals surface area contributed by atoms with Gasteiger partial charge in [-0.3, -0.25) is 4.79 Å². The normalized spacial score (nSPS) is 17.4. The Kier molecular flexibility index (Phi) is 3.84. The third-order valence-electron chi connectivity index (χ3n) is 3.75. The molecule has 0 unspecified atom stereocenters. The van der Waals surface area contributed by atoms with Crippen LogP contribution in [-0.4, -0.2) is 20.9 Å². The van der Waals surface area contributed by atoms with Gasteiger partial charge in [-0.15, -0.1) is 0 Å². The van der Waals surface area contributed by atoms with Gasteiger partial charge in [-0.25, -0.2) is 17.9 Å². The van der Waals surface area contributed by atoms with Crippen LogP contribution in [0.15, 0.2) is 23.1 Å². The van der Waals surface area contributed by atoms with Crippen LogP contribution in [0.25, 0.3) is 0 Å². The molecule has 0 bridgehead atoms. The molecule has 1 aromatic rings. The van der Waals surface area contributed by atoms with E-state index in [9.17, 15) is 17.6 Å². The minimum absolute atomic E-state index is 0.0900. The number of hydrogen-bond acceptors (Lipinski definition) is 3. The highest BCUT2D eigenvalue weighted by atomic mass is 32.2. The van der Waals surface area contributed by atoms with Gasteiger partial charge in [-0.2, -0.15) is 0 Å². The number of rotatable bonds is 4. The highest BCUT2D eigenvalue weighted by Gasteiger charge is 2.32. The SMILES string of the molecule is CC1(CNC(=O)c2ccc(S(N)(=O)=O)cc2F)CCC1. The summed E-state index contributed by atoms with van der Waals surface area (Å²) in [6.45, 7) is 2.56. The highest BCUT2D eigenvalue weighted by Crippen LogP contribution is 2.39. The maximum absolute atomic E-state index is 13.8. The molecule has 1 aliphatic rings. The summed E-state index contributed by atoms with van der Waals surface area (Å²) in [5.74, 6) is -1.44. The van der Waals surface area contributed by atoms with Gasteiger partial charge >= 0.3 is 0 Å². The van der Waals surface area contributed by atoms with Crippen LogP contribution in [0.4, 0.5) is 4.39 Å². The molecule has 1 aliphatic carbocycles. The Morgan fingerprint density at radius 1 is 1.45 bits per heavy atom. The predicted molar refractivity (Wildman–Crippen MR) is 72.1 cm³/mol. The number of carbonyl (C=O) groups excluding carboxylic acids is 1. The Balaban J connectivity index is 2.10. The number of halogens is 1. The topological polar surface area (TPSA) is 89.3 Å². The van der Waals surface area contributed by atoms with Gasteiger partial charge < -0.3 is 5.32 Å². The summed E-state index contributed by atoms with van der Waals surface area (Å²) in [6, 6.07) is 3.02. The van der Waals surface area contributed by atoms with Crippen LogP contribution in [0.5, 0.6) is 0 Å². The average Bonchev–Trinajstić information content (AvgIpc) is 2.32. The van der Waals surface area contributed by atoms with Gasteiger partial charge in [0.05, 0.1) is 10.5 Å². The van der Waals surface area contributed by atoms with Gasteiger partial charge in [0.25, 0.3) is 5.91 Å². The zero-order chi connectivity index (χ0) is 15.0. The van der Waals surface area contributed by atoms with Crippen molar-refractivity contribution < 1.29 is 17.6 Å². The van der Waals surface area contributed by atoms with Gasteiger partial charge in [-0.1, -0.05) is 13.3 Å². The molecule has 0 spiro atoms. The number of nitrogens with one attached hydrogen (secondary N) is 1. The molecule has 1 saturated carbocycles. The van der Waals surface area contributed by atoms with E-state index in [-0.39, 0.29) is 15.9 Å². The van der Waals surface area contributed by atoms with Crippen molar-refractivity contribution in [2.75, 3.05) is 6.54 Å². The monoisotopic (exact) mass is 300 g/mol. The summed E-state index contributed by atoms with van der Waals surface area (Å²) < 4.78 is 35.9. The Morgan fingerprint density at radius 3 is 2.55 bits per heavy atom. The molecule has 1 fully saturated rings. The van der Waals surface area contributed by atoms with Crippen molar-refractivity contribution in [2.45, 2.75) is 31.1 Å². The van der Waals surface area contributed by atoms with Crippen molar-refractivity contribution in [2.24, 2.45) is 10.6 Å². The first-order valence-electron chi connectivity index (χ1n) is 6.32. The van der Waals surface area contributed by atoms with E-state index in [2.05, 4.69) is 12.2 Å². The molecule has 0 atom stereocenters. The van der Waals surface area contributed by atoms with E-state index in [0.29, 0.717) is 6.54 Å². The first-order valence-corrected chi connectivity index (χ1v) is 7.86. The van der Waals surface area contributed by atoms with Crippen LogP contribution in [-0.2, 0) is 10.0 Å². The van der Waals surface area contributed by atoms with Crippen LogP contribution in [0.2, 0.25) is 0 Å². The molecule has 0 saturated heterocycles. The number of carbonyl (C=O) groups is 1.